The molecule has 0 aliphatic carbocycles. The molecule has 0 bridgehead atoms. The van der Waals surface area contributed by atoms with Crippen LogP contribution in [0.25, 0.3) is 22.8 Å². The van der Waals surface area contributed by atoms with Crippen molar-refractivity contribution in [2.45, 2.75) is 30.9 Å². The SMILES string of the molecule is Cc1ncc(-c2ccc(S(=O)(=O)C(C)C)cc2)nc1-c1nnc(N2CCNCC2)o1. The highest BCUT2D eigenvalue weighted by Crippen LogP contribution is 2.27. The third-order valence-corrected chi connectivity index (χ3v) is 7.23. The lowest BCUT2D eigenvalue weighted by atomic mass is 10.1. The highest BCUT2D eigenvalue weighted by molar-refractivity contribution is 7.92. The molecule has 3 heterocycles. The van der Waals surface area contributed by atoms with E-state index >= 15 is 0 Å². The Morgan fingerprint density at radius 3 is 2.47 bits per heavy atom. The van der Waals surface area contributed by atoms with E-state index in [-0.39, 0.29) is 0 Å². The maximum atomic E-state index is 12.3. The van der Waals surface area contributed by atoms with Crippen LogP contribution in [0.3, 0.4) is 0 Å². The van der Waals surface area contributed by atoms with Crippen LogP contribution >= 0.6 is 0 Å². The van der Waals surface area contributed by atoms with Crippen molar-refractivity contribution in [3.05, 3.63) is 36.2 Å². The third-order valence-electron chi connectivity index (χ3n) is 5.06. The fraction of sp³-hybridized carbons (Fsp3) is 0.400. The van der Waals surface area contributed by atoms with Gasteiger partial charge in [-0.25, -0.2) is 13.4 Å². The fourth-order valence-electron chi connectivity index (χ4n) is 3.17. The zero-order valence-corrected chi connectivity index (χ0v) is 18.0. The number of aryl methyl sites for hydroxylation is 1. The first-order valence-electron chi connectivity index (χ1n) is 9.84. The third kappa shape index (κ3) is 3.92. The summed E-state index contributed by atoms with van der Waals surface area (Å²) in [4.78, 5) is 11.4. The van der Waals surface area contributed by atoms with Crippen LogP contribution in [-0.2, 0) is 9.84 Å². The molecule has 1 aliphatic heterocycles. The van der Waals surface area contributed by atoms with Crippen LogP contribution in [0.4, 0.5) is 6.01 Å². The Labute approximate surface area is 175 Å². The van der Waals surface area contributed by atoms with Crippen molar-refractivity contribution >= 4 is 15.9 Å². The summed E-state index contributed by atoms with van der Waals surface area (Å²) in [6, 6.07) is 7.14. The lowest BCUT2D eigenvalue weighted by Crippen LogP contribution is -2.43. The quantitative estimate of drug-likeness (QED) is 0.652. The second kappa shape index (κ2) is 8.11. The summed E-state index contributed by atoms with van der Waals surface area (Å²) in [5, 5.41) is 11.1. The second-order valence-corrected chi connectivity index (χ2v) is 9.94. The van der Waals surface area contributed by atoms with Crippen LogP contribution in [0.1, 0.15) is 19.5 Å². The number of piperazine rings is 1. The number of nitrogens with one attached hydrogen (secondary N) is 1. The van der Waals surface area contributed by atoms with Gasteiger partial charge in [-0.05, 0) is 32.9 Å². The molecule has 0 amide bonds. The summed E-state index contributed by atoms with van der Waals surface area (Å²) in [7, 11) is -3.32. The topological polar surface area (TPSA) is 114 Å². The van der Waals surface area contributed by atoms with Gasteiger partial charge in [0, 0.05) is 31.7 Å². The van der Waals surface area contributed by atoms with Crippen molar-refractivity contribution in [2.24, 2.45) is 0 Å². The Bertz CT molecular complexity index is 1140. The molecule has 0 saturated carbocycles. The Balaban J connectivity index is 1.63. The Morgan fingerprint density at radius 1 is 1.10 bits per heavy atom. The Kier molecular flexibility index (Phi) is 5.52. The number of rotatable bonds is 5. The molecule has 1 N–H and O–H groups in total. The smallest absolute Gasteiger partial charge is 0.318 e. The van der Waals surface area contributed by atoms with Gasteiger partial charge in [-0.2, -0.15) is 0 Å². The molecule has 0 radical (unpaired) electrons. The normalized spacial score (nSPS) is 15.0. The molecule has 0 atom stereocenters. The van der Waals surface area contributed by atoms with Gasteiger partial charge in [0.05, 0.1) is 27.7 Å². The molecule has 4 rings (SSSR count). The molecule has 1 aromatic carbocycles. The Hall–Kier alpha value is -2.85. The number of benzene rings is 1. The van der Waals surface area contributed by atoms with E-state index in [0.717, 1.165) is 31.7 Å². The summed E-state index contributed by atoms with van der Waals surface area (Å²) in [5.74, 6) is 0.314. The van der Waals surface area contributed by atoms with E-state index in [1.165, 1.54) is 0 Å². The minimum atomic E-state index is -3.32. The zero-order valence-electron chi connectivity index (χ0n) is 17.2. The molecule has 1 saturated heterocycles. The van der Waals surface area contributed by atoms with Crippen molar-refractivity contribution in [1.29, 1.82) is 0 Å². The minimum absolute atomic E-state index is 0.291. The van der Waals surface area contributed by atoms with E-state index in [2.05, 4.69) is 25.5 Å². The van der Waals surface area contributed by atoms with Crippen LogP contribution in [0.15, 0.2) is 39.8 Å². The lowest BCUT2D eigenvalue weighted by molar-refractivity contribution is 0.504. The second-order valence-electron chi connectivity index (χ2n) is 7.43. The van der Waals surface area contributed by atoms with Crippen LogP contribution in [0, 0.1) is 6.92 Å². The van der Waals surface area contributed by atoms with Crippen molar-refractivity contribution in [3.8, 4) is 22.8 Å². The summed E-state index contributed by atoms with van der Waals surface area (Å²) in [6.07, 6.45) is 1.65. The molecule has 3 aromatic rings. The van der Waals surface area contributed by atoms with E-state index in [1.807, 2.05) is 11.8 Å². The first-order chi connectivity index (χ1) is 14.4. The molecular weight excluding hydrogens is 404 g/mol. The van der Waals surface area contributed by atoms with Crippen LogP contribution < -0.4 is 10.2 Å². The maximum Gasteiger partial charge on any atom is 0.318 e. The van der Waals surface area contributed by atoms with E-state index < -0.39 is 15.1 Å². The molecule has 2 aromatic heterocycles. The van der Waals surface area contributed by atoms with Crippen LogP contribution in [0.5, 0.6) is 0 Å². The average Bonchev–Trinajstić information content (AvgIpc) is 3.25. The molecular formula is C20H24N6O3S. The molecule has 1 aliphatic rings. The molecule has 30 heavy (non-hydrogen) atoms. The minimum Gasteiger partial charge on any atom is -0.401 e. The van der Waals surface area contributed by atoms with Gasteiger partial charge in [-0.3, -0.25) is 4.98 Å². The number of sulfone groups is 1. The summed E-state index contributed by atoms with van der Waals surface area (Å²) in [5.41, 5.74) is 2.55. The van der Waals surface area contributed by atoms with Crippen molar-refractivity contribution < 1.29 is 12.8 Å². The zero-order chi connectivity index (χ0) is 21.3. The van der Waals surface area contributed by atoms with Gasteiger partial charge in [0.2, 0.25) is 0 Å². The predicted octanol–water partition coefficient (Wildman–Crippen LogP) is 2.09. The van der Waals surface area contributed by atoms with Gasteiger partial charge < -0.3 is 14.6 Å². The van der Waals surface area contributed by atoms with Gasteiger partial charge in [0.1, 0.15) is 5.69 Å². The van der Waals surface area contributed by atoms with E-state index in [0.29, 0.717) is 33.9 Å². The van der Waals surface area contributed by atoms with Crippen molar-refractivity contribution in [3.63, 3.8) is 0 Å². The highest BCUT2D eigenvalue weighted by Gasteiger charge is 2.21. The molecule has 158 valence electrons. The van der Waals surface area contributed by atoms with E-state index in [1.54, 1.807) is 44.3 Å². The van der Waals surface area contributed by atoms with E-state index in [4.69, 9.17) is 4.42 Å². The maximum absolute atomic E-state index is 12.3. The monoisotopic (exact) mass is 428 g/mol. The predicted molar refractivity (Wildman–Crippen MR) is 113 cm³/mol. The first-order valence-corrected chi connectivity index (χ1v) is 11.4. The average molecular weight is 429 g/mol. The molecule has 9 nitrogen and oxygen atoms in total. The molecule has 10 heteroatoms. The van der Waals surface area contributed by atoms with Crippen LogP contribution in [-0.4, -0.2) is 60.0 Å². The van der Waals surface area contributed by atoms with Gasteiger partial charge in [-0.1, -0.05) is 17.2 Å². The number of aromatic nitrogens is 4. The van der Waals surface area contributed by atoms with Crippen molar-refractivity contribution in [1.82, 2.24) is 25.5 Å². The van der Waals surface area contributed by atoms with Gasteiger partial charge in [0.25, 0.3) is 5.89 Å². The van der Waals surface area contributed by atoms with Gasteiger partial charge >= 0.3 is 6.01 Å². The van der Waals surface area contributed by atoms with Crippen LogP contribution in [0.2, 0.25) is 0 Å². The molecule has 0 unspecified atom stereocenters. The standard InChI is InChI=1S/C20H24N6O3S/c1-13(2)30(27,28)16-6-4-15(5-7-16)17-12-22-14(3)18(23-17)19-24-25-20(29-19)26-10-8-21-9-11-26/h4-7,12-13,21H,8-11H2,1-3H3. The number of hydrogen-bond acceptors (Lipinski definition) is 9. The first kappa shape index (κ1) is 20.4. The number of hydrogen-bond donors (Lipinski definition) is 1. The number of anilines is 1. The lowest BCUT2D eigenvalue weighted by Gasteiger charge is -2.24. The van der Waals surface area contributed by atoms with Gasteiger partial charge in [-0.15, -0.1) is 5.10 Å². The Morgan fingerprint density at radius 2 is 1.80 bits per heavy atom. The van der Waals surface area contributed by atoms with Gasteiger partial charge in [0.15, 0.2) is 9.84 Å². The van der Waals surface area contributed by atoms with Crippen molar-refractivity contribution in [2.75, 3.05) is 31.1 Å². The summed E-state index contributed by atoms with van der Waals surface area (Å²) < 4.78 is 30.5. The fourth-order valence-corrected chi connectivity index (χ4v) is 4.23. The summed E-state index contributed by atoms with van der Waals surface area (Å²) >= 11 is 0. The summed E-state index contributed by atoms with van der Waals surface area (Å²) in [6.45, 7) is 8.51. The molecule has 0 spiro atoms. The largest absolute Gasteiger partial charge is 0.401 e. The number of nitrogens with zero attached hydrogens (tertiary/aromatic N) is 5. The molecule has 1 fully saturated rings. The highest BCUT2D eigenvalue weighted by atomic mass is 32.2. The van der Waals surface area contributed by atoms with E-state index in [9.17, 15) is 8.42 Å².